The summed E-state index contributed by atoms with van der Waals surface area (Å²) in [5, 5.41) is 0. The van der Waals surface area contributed by atoms with Gasteiger partial charge in [0.05, 0.1) is 6.61 Å². The number of hydrogen-bond donors (Lipinski definition) is 0. The lowest BCUT2D eigenvalue weighted by atomic mass is 10.2. The molecule has 1 saturated carbocycles. The zero-order chi connectivity index (χ0) is 9.73. The molecule has 0 aromatic heterocycles. The largest absolute Gasteiger partial charge is 0.464 e. The van der Waals surface area contributed by atoms with Gasteiger partial charge in [-0.15, -0.1) is 5.92 Å². The van der Waals surface area contributed by atoms with E-state index in [-0.39, 0.29) is 17.8 Å². The zero-order valence-electron chi connectivity index (χ0n) is 8.35. The van der Waals surface area contributed by atoms with Crippen molar-refractivity contribution in [2.24, 2.45) is 5.41 Å². The maximum Gasteiger partial charge on any atom is 0.317 e. The average Bonchev–Trinajstić information content (AvgIpc) is 2.82. The third-order valence-electron chi connectivity index (χ3n) is 2.22. The van der Waals surface area contributed by atoms with Crippen LogP contribution in [-0.4, -0.2) is 12.6 Å². The molecule has 1 fully saturated rings. The second-order valence-corrected chi connectivity index (χ2v) is 3.86. The van der Waals surface area contributed by atoms with Gasteiger partial charge < -0.3 is 4.74 Å². The van der Waals surface area contributed by atoms with Gasteiger partial charge in [0, 0.05) is 11.8 Å². The van der Waals surface area contributed by atoms with E-state index in [9.17, 15) is 4.79 Å². The Morgan fingerprint density at radius 2 is 2.15 bits per heavy atom. The van der Waals surface area contributed by atoms with Crippen LogP contribution < -0.4 is 0 Å². The Hall–Kier alpha value is -0.970. The first-order valence-electron chi connectivity index (χ1n) is 4.78. The molecule has 0 amide bonds. The summed E-state index contributed by atoms with van der Waals surface area (Å²) in [5.41, 5.74) is 0.286. The molecule has 2 heteroatoms. The Labute approximate surface area is 79.7 Å². The van der Waals surface area contributed by atoms with Gasteiger partial charge >= 0.3 is 5.97 Å². The van der Waals surface area contributed by atoms with Gasteiger partial charge in [-0.2, -0.15) is 0 Å². The van der Waals surface area contributed by atoms with E-state index in [1.807, 2.05) is 6.92 Å². The number of carbonyl (C=O) groups is 1. The minimum Gasteiger partial charge on any atom is -0.464 e. The van der Waals surface area contributed by atoms with Gasteiger partial charge in [-0.3, -0.25) is 4.79 Å². The van der Waals surface area contributed by atoms with Crippen LogP contribution in [0, 0.1) is 17.3 Å². The first-order chi connectivity index (χ1) is 6.16. The van der Waals surface area contributed by atoms with Crippen LogP contribution in [0.15, 0.2) is 0 Å². The van der Waals surface area contributed by atoms with Crippen LogP contribution in [0.25, 0.3) is 0 Å². The van der Waals surface area contributed by atoms with Gasteiger partial charge in [-0.1, -0.05) is 19.8 Å². The van der Waals surface area contributed by atoms with Gasteiger partial charge in [0.2, 0.25) is 0 Å². The summed E-state index contributed by atoms with van der Waals surface area (Å²) in [4.78, 5) is 11.1. The van der Waals surface area contributed by atoms with Crippen molar-refractivity contribution < 1.29 is 9.53 Å². The molecule has 0 atom stereocenters. The molecule has 1 aliphatic rings. The molecule has 0 saturated heterocycles. The molecular weight excluding hydrogens is 164 g/mol. The Bertz CT molecular complexity index is 241. The van der Waals surface area contributed by atoms with Crippen molar-refractivity contribution in [3.05, 3.63) is 0 Å². The van der Waals surface area contributed by atoms with Gasteiger partial charge in [0.15, 0.2) is 0 Å². The summed E-state index contributed by atoms with van der Waals surface area (Å²) in [7, 11) is 0. The Kier molecular flexibility index (Phi) is 3.36. The molecule has 0 aromatic rings. The Balaban J connectivity index is 2.10. The molecular formula is C11H16O2. The predicted molar refractivity (Wildman–Crippen MR) is 51.0 cm³/mol. The summed E-state index contributed by atoms with van der Waals surface area (Å²) >= 11 is 0. The third kappa shape index (κ3) is 3.98. The second-order valence-electron chi connectivity index (χ2n) is 3.86. The molecule has 2 nitrogen and oxygen atoms in total. The highest BCUT2D eigenvalue weighted by Crippen LogP contribution is 2.44. The molecule has 1 rings (SSSR count). The maximum absolute atomic E-state index is 11.1. The number of hydrogen-bond acceptors (Lipinski definition) is 2. The van der Waals surface area contributed by atoms with Crippen molar-refractivity contribution in [2.45, 2.75) is 39.5 Å². The van der Waals surface area contributed by atoms with Gasteiger partial charge in [0.25, 0.3) is 0 Å². The van der Waals surface area contributed by atoms with Crippen LogP contribution in [0.4, 0.5) is 0 Å². The van der Waals surface area contributed by atoms with Crippen molar-refractivity contribution in [2.75, 3.05) is 6.61 Å². The zero-order valence-corrected chi connectivity index (χ0v) is 8.35. The third-order valence-corrected chi connectivity index (χ3v) is 2.22. The Morgan fingerprint density at radius 1 is 1.46 bits per heavy atom. The molecule has 0 aromatic carbocycles. The summed E-state index contributed by atoms with van der Waals surface area (Å²) in [6, 6.07) is 0. The SMILES string of the molecule is CCC#CCC(=O)OCC1(C)CC1. The highest BCUT2D eigenvalue weighted by Gasteiger charge is 2.38. The second kappa shape index (κ2) is 4.32. The summed E-state index contributed by atoms with van der Waals surface area (Å²) in [6.07, 6.45) is 3.40. The van der Waals surface area contributed by atoms with Crippen LogP contribution in [0.3, 0.4) is 0 Å². The normalized spacial score (nSPS) is 17.1. The lowest BCUT2D eigenvalue weighted by Crippen LogP contribution is -2.11. The standard InChI is InChI=1S/C11H16O2/c1-3-4-5-6-10(12)13-9-11(2)7-8-11/h3,6-9H2,1-2H3. The van der Waals surface area contributed by atoms with Crippen LogP contribution in [-0.2, 0) is 9.53 Å². The number of ether oxygens (including phenoxy) is 1. The lowest BCUT2D eigenvalue weighted by Gasteiger charge is -2.07. The van der Waals surface area contributed by atoms with Gasteiger partial charge in [-0.25, -0.2) is 0 Å². The van der Waals surface area contributed by atoms with E-state index < -0.39 is 0 Å². The molecule has 72 valence electrons. The fourth-order valence-electron chi connectivity index (χ4n) is 0.923. The number of esters is 1. The average molecular weight is 180 g/mol. The molecule has 0 unspecified atom stereocenters. The summed E-state index contributed by atoms with van der Waals surface area (Å²) < 4.78 is 5.07. The van der Waals surface area contributed by atoms with Gasteiger partial charge in [-0.05, 0) is 12.8 Å². The van der Waals surface area contributed by atoms with E-state index in [2.05, 4.69) is 18.8 Å². The first kappa shape index (κ1) is 10.1. The van der Waals surface area contributed by atoms with E-state index in [0.717, 1.165) is 6.42 Å². The fourth-order valence-corrected chi connectivity index (χ4v) is 0.923. The number of rotatable bonds is 3. The van der Waals surface area contributed by atoms with E-state index in [4.69, 9.17) is 4.74 Å². The minimum absolute atomic E-state index is 0.186. The molecule has 0 aliphatic heterocycles. The van der Waals surface area contributed by atoms with E-state index >= 15 is 0 Å². The van der Waals surface area contributed by atoms with Crippen molar-refractivity contribution in [1.29, 1.82) is 0 Å². The molecule has 0 radical (unpaired) electrons. The Morgan fingerprint density at radius 3 is 2.69 bits per heavy atom. The summed E-state index contributed by atoms with van der Waals surface area (Å²) in [6.45, 7) is 4.67. The smallest absolute Gasteiger partial charge is 0.317 e. The van der Waals surface area contributed by atoms with Crippen LogP contribution in [0.5, 0.6) is 0 Å². The van der Waals surface area contributed by atoms with E-state index in [1.54, 1.807) is 0 Å². The number of carbonyl (C=O) groups excluding carboxylic acids is 1. The van der Waals surface area contributed by atoms with Crippen molar-refractivity contribution in [3.63, 3.8) is 0 Å². The minimum atomic E-state index is -0.186. The van der Waals surface area contributed by atoms with Crippen LogP contribution >= 0.6 is 0 Å². The quantitative estimate of drug-likeness (QED) is 0.491. The van der Waals surface area contributed by atoms with Crippen LogP contribution in [0.1, 0.15) is 39.5 Å². The topological polar surface area (TPSA) is 26.3 Å². The van der Waals surface area contributed by atoms with E-state index in [1.165, 1.54) is 12.8 Å². The van der Waals surface area contributed by atoms with Gasteiger partial charge in [0.1, 0.15) is 6.42 Å². The lowest BCUT2D eigenvalue weighted by molar-refractivity contribution is -0.144. The van der Waals surface area contributed by atoms with Crippen LogP contribution in [0.2, 0.25) is 0 Å². The highest BCUT2D eigenvalue weighted by atomic mass is 16.5. The monoisotopic (exact) mass is 180 g/mol. The van der Waals surface area contributed by atoms with E-state index in [0.29, 0.717) is 6.61 Å². The van der Waals surface area contributed by atoms with Crippen molar-refractivity contribution in [1.82, 2.24) is 0 Å². The highest BCUT2D eigenvalue weighted by molar-refractivity contribution is 5.72. The molecule has 0 spiro atoms. The maximum atomic E-state index is 11.1. The fraction of sp³-hybridized carbons (Fsp3) is 0.727. The molecule has 13 heavy (non-hydrogen) atoms. The summed E-state index contributed by atoms with van der Waals surface area (Å²) in [5.74, 6) is 5.42. The molecule has 1 aliphatic carbocycles. The van der Waals surface area contributed by atoms with Crippen molar-refractivity contribution >= 4 is 5.97 Å². The predicted octanol–water partition coefficient (Wildman–Crippen LogP) is 2.13. The molecule has 0 heterocycles. The molecule has 0 bridgehead atoms. The molecule has 0 N–H and O–H groups in total. The first-order valence-corrected chi connectivity index (χ1v) is 4.78. The van der Waals surface area contributed by atoms with Crippen molar-refractivity contribution in [3.8, 4) is 11.8 Å².